The van der Waals surface area contributed by atoms with Gasteiger partial charge < -0.3 is 10.3 Å². The second-order valence-corrected chi connectivity index (χ2v) is 4.58. The van der Waals surface area contributed by atoms with E-state index in [1.165, 1.54) is 18.5 Å². The molecule has 1 aromatic carbocycles. The molecule has 0 unspecified atom stereocenters. The van der Waals surface area contributed by atoms with Gasteiger partial charge in [0.05, 0.1) is 5.69 Å². The minimum Gasteiger partial charge on any atom is -0.347 e. The summed E-state index contributed by atoms with van der Waals surface area (Å²) in [5.41, 5.74) is 1.64. The highest BCUT2D eigenvalue weighted by Crippen LogP contribution is 2.12. The van der Waals surface area contributed by atoms with Crippen LogP contribution in [0, 0.1) is 0 Å². The van der Waals surface area contributed by atoms with E-state index in [1.54, 1.807) is 17.1 Å². The lowest BCUT2D eigenvalue weighted by molar-refractivity contribution is 0.0945. The summed E-state index contributed by atoms with van der Waals surface area (Å²) < 4.78 is 1.63. The van der Waals surface area contributed by atoms with E-state index in [2.05, 4.69) is 20.4 Å². The number of pyridine rings is 1. The lowest BCUT2D eigenvalue weighted by atomic mass is 10.1. The number of aromatic amines is 1. The third-order valence-electron chi connectivity index (χ3n) is 3.11. The molecule has 2 heterocycles. The largest absolute Gasteiger partial charge is 0.347 e. The normalized spacial score (nSPS) is 10.4. The fourth-order valence-electron chi connectivity index (χ4n) is 2.07. The summed E-state index contributed by atoms with van der Waals surface area (Å²) in [5.74, 6) is -0.342. The Bertz CT molecular complexity index is 839. The first-order valence-electron chi connectivity index (χ1n) is 6.64. The van der Waals surface area contributed by atoms with Gasteiger partial charge in [-0.05, 0) is 17.7 Å². The van der Waals surface area contributed by atoms with E-state index < -0.39 is 0 Å². The molecular formula is C15H13N5O2. The third kappa shape index (κ3) is 2.93. The number of benzene rings is 1. The number of rotatable bonds is 4. The van der Waals surface area contributed by atoms with Gasteiger partial charge in [0, 0.05) is 12.6 Å². The van der Waals surface area contributed by atoms with E-state index in [0.717, 1.165) is 11.3 Å². The molecule has 0 atom stereocenters. The third-order valence-corrected chi connectivity index (χ3v) is 3.11. The summed E-state index contributed by atoms with van der Waals surface area (Å²) in [5, 5.41) is 6.86. The molecule has 0 saturated heterocycles. The average molecular weight is 295 g/mol. The maximum atomic E-state index is 12.1. The van der Waals surface area contributed by atoms with Crippen molar-refractivity contribution in [2.75, 3.05) is 0 Å². The van der Waals surface area contributed by atoms with Gasteiger partial charge in [-0.1, -0.05) is 24.3 Å². The summed E-state index contributed by atoms with van der Waals surface area (Å²) in [4.78, 5) is 29.7. The highest BCUT2D eigenvalue weighted by atomic mass is 16.2. The van der Waals surface area contributed by atoms with Gasteiger partial charge >= 0.3 is 0 Å². The second-order valence-electron chi connectivity index (χ2n) is 4.58. The van der Waals surface area contributed by atoms with Crippen LogP contribution in [0.25, 0.3) is 5.69 Å². The van der Waals surface area contributed by atoms with Crippen molar-refractivity contribution < 1.29 is 4.79 Å². The molecule has 0 fully saturated rings. The van der Waals surface area contributed by atoms with Crippen LogP contribution >= 0.6 is 0 Å². The second kappa shape index (κ2) is 6.04. The van der Waals surface area contributed by atoms with Crippen LogP contribution in [0.15, 0.2) is 59.9 Å². The number of nitrogens with zero attached hydrogens (tertiary/aromatic N) is 3. The first-order chi connectivity index (χ1) is 10.7. The Kier molecular flexibility index (Phi) is 3.78. The predicted octanol–water partition coefficient (Wildman–Crippen LogP) is 0.886. The molecule has 22 heavy (non-hydrogen) atoms. The number of H-pyrrole nitrogens is 1. The number of aromatic nitrogens is 4. The SMILES string of the molecule is O=C(NCc1ccccc1-n1cncn1)c1cccc(=O)[nH]1. The number of amides is 1. The van der Waals surface area contributed by atoms with Crippen molar-refractivity contribution in [3.63, 3.8) is 0 Å². The summed E-state index contributed by atoms with van der Waals surface area (Å²) in [6, 6.07) is 12.0. The van der Waals surface area contributed by atoms with Crippen LogP contribution in [0.2, 0.25) is 0 Å². The van der Waals surface area contributed by atoms with Crippen LogP contribution in [-0.4, -0.2) is 25.7 Å². The van der Waals surface area contributed by atoms with Gasteiger partial charge in [-0.15, -0.1) is 0 Å². The molecule has 110 valence electrons. The van der Waals surface area contributed by atoms with Gasteiger partial charge in [-0.2, -0.15) is 5.10 Å². The van der Waals surface area contributed by atoms with Crippen molar-refractivity contribution in [3.8, 4) is 5.69 Å². The molecule has 1 amide bonds. The standard InChI is InChI=1S/C15H13N5O2/c21-14-7-3-5-12(19-14)15(22)17-8-11-4-1-2-6-13(11)20-10-16-9-18-20/h1-7,9-10H,8H2,(H,17,22)(H,19,21). The maximum Gasteiger partial charge on any atom is 0.268 e. The summed E-state index contributed by atoms with van der Waals surface area (Å²) in [6.45, 7) is 0.311. The van der Waals surface area contributed by atoms with Crippen molar-refractivity contribution in [2.24, 2.45) is 0 Å². The van der Waals surface area contributed by atoms with Crippen molar-refractivity contribution >= 4 is 5.91 Å². The van der Waals surface area contributed by atoms with E-state index >= 15 is 0 Å². The Hall–Kier alpha value is -3.22. The lowest BCUT2D eigenvalue weighted by Gasteiger charge is -2.10. The van der Waals surface area contributed by atoms with Crippen LogP contribution < -0.4 is 10.9 Å². The molecule has 0 aliphatic carbocycles. The first-order valence-corrected chi connectivity index (χ1v) is 6.64. The number of hydrogen-bond acceptors (Lipinski definition) is 4. The van der Waals surface area contributed by atoms with Gasteiger partial charge in [-0.25, -0.2) is 9.67 Å². The summed E-state index contributed by atoms with van der Waals surface area (Å²) >= 11 is 0. The molecule has 0 spiro atoms. The molecule has 0 aliphatic heterocycles. The fraction of sp³-hybridized carbons (Fsp3) is 0.0667. The number of carbonyl (C=O) groups excluding carboxylic acids is 1. The van der Waals surface area contributed by atoms with E-state index in [1.807, 2.05) is 24.3 Å². The van der Waals surface area contributed by atoms with Gasteiger partial charge in [0.2, 0.25) is 5.56 Å². The molecule has 0 bridgehead atoms. The molecule has 0 saturated carbocycles. The zero-order chi connectivity index (χ0) is 15.4. The van der Waals surface area contributed by atoms with Crippen molar-refractivity contribution in [1.82, 2.24) is 25.1 Å². The Labute approximate surface area is 125 Å². The molecule has 0 aliphatic rings. The van der Waals surface area contributed by atoms with E-state index in [9.17, 15) is 9.59 Å². The lowest BCUT2D eigenvalue weighted by Crippen LogP contribution is -2.26. The van der Waals surface area contributed by atoms with E-state index in [4.69, 9.17) is 0 Å². The zero-order valence-corrected chi connectivity index (χ0v) is 11.6. The van der Waals surface area contributed by atoms with Crippen molar-refractivity contribution in [2.45, 2.75) is 6.54 Å². The van der Waals surface area contributed by atoms with Crippen LogP contribution in [0.4, 0.5) is 0 Å². The number of hydrogen-bond donors (Lipinski definition) is 2. The average Bonchev–Trinajstić information content (AvgIpc) is 3.07. The number of carbonyl (C=O) groups is 1. The topological polar surface area (TPSA) is 92.7 Å². The highest BCUT2D eigenvalue weighted by Gasteiger charge is 2.09. The Morgan fingerprint density at radius 3 is 2.82 bits per heavy atom. The quantitative estimate of drug-likeness (QED) is 0.747. The smallest absolute Gasteiger partial charge is 0.268 e. The number of nitrogens with one attached hydrogen (secondary N) is 2. The van der Waals surface area contributed by atoms with Gasteiger partial charge in [-0.3, -0.25) is 9.59 Å². The molecular weight excluding hydrogens is 282 g/mol. The van der Waals surface area contributed by atoms with Crippen LogP contribution in [0.5, 0.6) is 0 Å². The zero-order valence-electron chi connectivity index (χ0n) is 11.6. The summed E-state index contributed by atoms with van der Waals surface area (Å²) in [6.07, 6.45) is 3.04. The Morgan fingerprint density at radius 1 is 1.18 bits per heavy atom. The molecule has 2 aromatic heterocycles. The Balaban J connectivity index is 1.77. The first kappa shape index (κ1) is 13.7. The van der Waals surface area contributed by atoms with Crippen LogP contribution in [0.3, 0.4) is 0 Å². The molecule has 7 heteroatoms. The Morgan fingerprint density at radius 2 is 2.05 bits per heavy atom. The van der Waals surface area contributed by atoms with Crippen molar-refractivity contribution in [3.05, 3.63) is 76.7 Å². The molecule has 7 nitrogen and oxygen atoms in total. The van der Waals surface area contributed by atoms with Gasteiger partial charge in [0.15, 0.2) is 0 Å². The molecule has 2 N–H and O–H groups in total. The van der Waals surface area contributed by atoms with Crippen LogP contribution in [0.1, 0.15) is 16.1 Å². The van der Waals surface area contributed by atoms with E-state index in [-0.39, 0.29) is 17.2 Å². The van der Waals surface area contributed by atoms with Gasteiger partial charge in [0.25, 0.3) is 5.91 Å². The number of para-hydroxylation sites is 1. The highest BCUT2D eigenvalue weighted by molar-refractivity contribution is 5.92. The summed E-state index contributed by atoms with van der Waals surface area (Å²) in [7, 11) is 0. The molecule has 0 radical (unpaired) electrons. The maximum absolute atomic E-state index is 12.1. The molecule has 3 aromatic rings. The fourth-order valence-corrected chi connectivity index (χ4v) is 2.07. The minimum atomic E-state index is -0.342. The van der Waals surface area contributed by atoms with E-state index in [0.29, 0.717) is 6.54 Å². The minimum absolute atomic E-state index is 0.228. The predicted molar refractivity (Wildman–Crippen MR) is 79.6 cm³/mol. The monoisotopic (exact) mass is 295 g/mol. The van der Waals surface area contributed by atoms with Crippen LogP contribution in [-0.2, 0) is 6.54 Å². The molecule has 3 rings (SSSR count). The van der Waals surface area contributed by atoms with Crippen molar-refractivity contribution in [1.29, 1.82) is 0 Å². The van der Waals surface area contributed by atoms with Gasteiger partial charge in [0.1, 0.15) is 18.3 Å².